The highest BCUT2D eigenvalue weighted by atomic mass is 32.1. The summed E-state index contributed by atoms with van der Waals surface area (Å²) < 4.78 is 0. The molecule has 84 valence electrons. The van der Waals surface area contributed by atoms with Crippen LogP contribution < -0.4 is 5.73 Å². The van der Waals surface area contributed by atoms with E-state index in [0.717, 1.165) is 0 Å². The van der Waals surface area contributed by atoms with Crippen molar-refractivity contribution in [3.63, 3.8) is 0 Å². The Morgan fingerprint density at radius 1 is 1.21 bits per heavy atom. The van der Waals surface area contributed by atoms with Gasteiger partial charge in [-0.3, -0.25) is 9.59 Å². The van der Waals surface area contributed by atoms with E-state index in [1.165, 1.54) is 10.5 Å². The van der Waals surface area contributed by atoms with Gasteiger partial charge < -0.3 is 10.6 Å². The number of carbonyl (C=O) groups is 2. The van der Waals surface area contributed by atoms with E-state index in [1.807, 2.05) is 13.8 Å². The fourth-order valence-corrected chi connectivity index (χ4v) is 0. The molecule has 0 fully saturated rings. The van der Waals surface area contributed by atoms with Crippen molar-refractivity contribution in [2.24, 2.45) is 5.73 Å². The first-order valence-corrected chi connectivity index (χ1v) is 4.51. The second-order valence-corrected chi connectivity index (χ2v) is 3.55. The van der Waals surface area contributed by atoms with Gasteiger partial charge in [0.15, 0.2) is 0 Å². The summed E-state index contributed by atoms with van der Waals surface area (Å²) >= 11 is 6.58. The van der Waals surface area contributed by atoms with Gasteiger partial charge in [0, 0.05) is 14.1 Å². The van der Waals surface area contributed by atoms with Gasteiger partial charge in [-0.25, -0.2) is 0 Å². The van der Waals surface area contributed by atoms with Crippen LogP contribution in [0.5, 0.6) is 0 Å². The van der Waals surface area contributed by atoms with Crippen LogP contribution in [0, 0.1) is 0 Å². The summed E-state index contributed by atoms with van der Waals surface area (Å²) in [6.07, 6.45) is 0. The number of nitrogens with two attached hydrogens (primary N) is 1. The summed E-state index contributed by atoms with van der Waals surface area (Å²) in [5.74, 6) is 0. The first-order chi connectivity index (χ1) is 6.11. The zero-order valence-corrected chi connectivity index (χ0v) is 10.7. The van der Waals surface area contributed by atoms with Crippen molar-refractivity contribution in [1.82, 2.24) is 4.90 Å². The molecular weight excluding hydrogens is 220 g/mol. The average Bonchev–Trinajstić information content (AvgIpc) is 1.83. The molecule has 0 bridgehead atoms. The number of allylic oxidation sites excluding steroid dienone is 1. The summed E-state index contributed by atoms with van der Waals surface area (Å²) in [6.45, 7) is 7.50. The van der Waals surface area contributed by atoms with Gasteiger partial charge in [-0.1, -0.05) is 30.8 Å². The van der Waals surface area contributed by atoms with E-state index in [2.05, 4.69) is 37.6 Å². The maximum Gasteiger partial charge on any atom is 0.278 e. The van der Waals surface area contributed by atoms with E-state index in [0.29, 0.717) is 0 Å². The smallest absolute Gasteiger partial charge is 0.278 e. The maximum atomic E-state index is 9.93. The third kappa shape index (κ3) is 107. The number of rotatable bonds is 0. The summed E-state index contributed by atoms with van der Waals surface area (Å²) in [5, 5.41) is -0.852. The maximum absolute atomic E-state index is 9.93. The van der Waals surface area contributed by atoms with Crippen molar-refractivity contribution in [3.05, 3.63) is 12.2 Å². The van der Waals surface area contributed by atoms with Crippen LogP contribution in [0.2, 0.25) is 0 Å². The lowest BCUT2D eigenvalue weighted by Crippen LogP contribution is -2.13. The van der Waals surface area contributed by atoms with Crippen LogP contribution in [0.15, 0.2) is 12.2 Å². The molecule has 0 rings (SSSR count). The molecule has 4 nitrogen and oxygen atoms in total. The largest absolute Gasteiger partial charge is 0.361 e. The van der Waals surface area contributed by atoms with Crippen molar-refractivity contribution in [1.29, 1.82) is 0 Å². The van der Waals surface area contributed by atoms with Gasteiger partial charge in [0.05, 0.1) is 0 Å². The van der Waals surface area contributed by atoms with Crippen molar-refractivity contribution < 1.29 is 9.59 Å². The van der Waals surface area contributed by atoms with Gasteiger partial charge in [-0.2, -0.15) is 0 Å². The molecule has 0 unspecified atom stereocenters. The SMILES string of the molecule is C=C(C)C.CN(C)C(=O)S.NC(=O)S. The van der Waals surface area contributed by atoms with Crippen LogP contribution in [0.4, 0.5) is 9.59 Å². The fraction of sp³-hybridized carbons (Fsp3) is 0.500. The Morgan fingerprint density at radius 3 is 1.29 bits per heavy atom. The summed E-state index contributed by atoms with van der Waals surface area (Å²) in [4.78, 5) is 20.4. The molecule has 0 aromatic rings. The van der Waals surface area contributed by atoms with Crippen molar-refractivity contribution >= 4 is 35.7 Å². The first kappa shape index (κ1) is 19.0. The molecule has 0 atom stereocenters. The quantitative estimate of drug-likeness (QED) is 0.447. The number of hydrogen-bond donors (Lipinski definition) is 3. The highest BCUT2D eigenvalue weighted by Crippen LogP contribution is 1.82. The Morgan fingerprint density at radius 2 is 1.29 bits per heavy atom. The molecule has 0 spiro atoms. The Kier molecular flexibility index (Phi) is 16.8. The van der Waals surface area contributed by atoms with Crippen molar-refractivity contribution in [2.75, 3.05) is 14.1 Å². The molecule has 0 aliphatic heterocycles. The van der Waals surface area contributed by atoms with Crippen LogP contribution in [-0.2, 0) is 0 Å². The minimum Gasteiger partial charge on any atom is -0.361 e. The molecule has 2 N–H and O–H groups in total. The Balaban J connectivity index is -0.000000135. The molecule has 6 heteroatoms. The van der Waals surface area contributed by atoms with Gasteiger partial charge in [0.25, 0.3) is 10.5 Å². The Hall–Kier alpha value is -0.620. The Bertz CT molecular complexity index is 174. The predicted octanol–water partition coefficient (Wildman–Crippen LogP) is 2.18. The zero-order valence-electron chi connectivity index (χ0n) is 8.94. The fourth-order valence-electron chi connectivity index (χ4n) is 0. The van der Waals surface area contributed by atoms with E-state index in [9.17, 15) is 4.79 Å². The predicted molar refractivity (Wildman–Crippen MR) is 67.1 cm³/mol. The number of hydrogen-bond acceptors (Lipinski definition) is 2. The van der Waals surface area contributed by atoms with E-state index >= 15 is 0 Å². The van der Waals surface area contributed by atoms with Crippen LogP contribution in [0.1, 0.15) is 13.8 Å². The standard InChI is InChI=1S/C4H8.C3H7NOS.CH3NOS/c1-4(2)3;1-4(2)3(5)6;2-1(3)4/h1H2,2-3H3;1-2H3,(H,5,6);(H3,2,3,4). The molecule has 0 aromatic carbocycles. The highest BCUT2D eigenvalue weighted by Gasteiger charge is 1.89. The van der Waals surface area contributed by atoms with Crippen LogP contribution in [-0.4, -0.2) is 29.5 Å². The number of thiol groups is 2. The van der Waals surface area contributed by atoms with E-state index in [4.69, 9.17) is 4.79 Å². The molecule has 2 amide bonds. The van der Waals surface area contributed by atoms with Gasteiger partial charge in [0.2, 0.25) is 0 Å². The lowest BCUT2D eigenvalue weighted by atomic mass is 10.4. The van der Waals surface area contributed by atoms with Crippen LogP contribution in [0.3, 0.4) is 0 Å². The van der Waals surface area contributed by atoms with E-state index in [-0.39, 0.29) is 5.24 Å². The minimum atomic E-state index is -0.639. The molecule has 0 heterocycles. The van der Waals surface area contributed by atoms with E-state index in [1.54, 1.807) is 14.1 Å². The molecule has 0 aliphatic carbocycles. The third-order valence-corrected chi connectivity index (χ3v) is 0.783. The van der Waals surface area contributed by atoms with Gasteiger partial charge in [-0.05, 0) is 13.8 Å². The second kappa shape index (κ2) is 12.4. The third-order valence-electron chi connectivity index (χ3n) is 0.383. The minimum absolute atomic E-state index is 0.213. The number of carbonyl (C=O) groups excluding carboxylic acids is 2. The van der Waals surface area contributed by atoms with Gasteiger partial charge in [0.1, 0.15) is 0 Å². The van der Waals surface area contributed by atoms with Crippen molar-refractivity contribution in [3.8, 4) is 0 Å². The molecule has 0 aromatic heterocycles. The normalized spacial score (nSPS) is 7.00. The average molecular weight is 238 g/mol. The molecule has 0 saturated heterocycles. The Labute approximate surface area is 96.3 Å². The second-order valence-electron chi connectivity index (χ2n) is 2.72. The number of primary amides is 1. The molecule has 0 radical (unpaired) electrons. The highest BCUT2D eigenvalue weighted by molar-refractivity contribution is 7.96. The topological polar surface area (TPSA) is 63.4 Å². The molecule has 0 aliphatic rings. The zero-order chi connectivity index (χ0) is 12.3. The van der Waals surface area contributed by atoms with Crippen molar-refractivity contribution in [2.45, 2.75) is 13.8 Å². The first-order valence-electron chi connectivity index (χ1n) is 3.62. The number of nitrogens with zero attached hydrogens (tertiary/aromatic N) is 1. The van der Waals surface area contributed by atoms with E-state index < -0.39 is 5.24 Å². The van der Waals surface area contributed by atoms with Crippen LogP contribution >= 0.6 is 25.3 Å². The molecular formula is C8H18N2O2S2. The summed E-state index contributed by atoms with van der Waals surface area (Å²) in [6, 6.07) is 0. The molecule has 14 heavy (non-hydrogen) atoms. The molecule has 0 saturated carbocycles. The lowest BCUT2D eigenvalue weighted by molar-refractivity contribution is 0.241. The van der Waals surface area contributed by atoms with Crippen LogP contribution in [0.25, 0.3) is 0 Å². The lowest BCUT2D eigenvalue weighted by Gasteiger charge is -2.01. The number of amides is 2. The van der Waals surface area contributed by atoms with Gasteiger partial charge in [-0.15, -0.1) is 6.58 Å². The summed E-state index contributed by atoms with van der Waals surface area (Å²) in [5.41, 5.74) is 5.50. The monoisotopic (exact) mass is 238 g/mol. The van der Waals surface area contributed by atoms with Gasteiger partial charge >= 0.3 is 0 Å². The summed E-state index contributed by atoms with van der Waals surface area (Å²) in [7, 11) is 3.30.